The van der Waals surface area contributed by atoms with Crippen LogP contribution in [0.4, 0.5) is 11.4 Å². The van der Waals surface area contributed by atoms with Crippen LogP contribution in [0.3, 0.4) is 0 Å². The zero-order valence-electron chi connectivity index (χ0n) is 15.4. The van der Waals surface area contributed by atoms with Crippen LogP contribution >= 0.6 is 0 Å². The number of aryl methyl sites for hydroxylation is 2. The van der Waals surface area contributed by atoms with Crippen LogP contribution in [0.25, 0.3) is 10.9 Å². The van der Waals surface area contributed by atoms with Gasteiger partial charge in [0.05, 0.1) is 0 Å². The molecule has 138 valence electrons. The van der Waals surface area contributed by atoms with E-state index in [1.807, 2.05) is 42.6 Å². The number of H-pyrrole nitrogens is 1. The monoisotopic (exact) mass is 361 g/mol. The van der Waals surface area contributed by atoms with Gasteiger partial charge in [-0.25, -0.2) is 0 Å². The van der Waals surface area contributed by atoms with Gasteiger partial charge in [-0.15, -0.1) is 0 Å². The van der Waals surface area contributed by atoms with Gasteiger partial charge in [-0.1, -0.05) is 18.2 Å². The van der Waals surface area contributed by atoms with Crippen LogP contribution in [0, 0.1) is 0 Å². The molecule has 2 aromatic carbocycles. The number of hydrogen-bond acceptors (Lipinski definition) is 2. The Morgan fingerprint density at radius 3 is 2.89 bits per heavy atom. The van der Waals surface area contributed by atoms with Crippen molar-refractivity contribution in [2.45, 2.75) is 32.6 Å². The Balaban J connectivity index is 1.42. The summed E-state index contributed by atoms with van der Waals surface area (Å²) in [6, 6.07) is 13.9. The van der Waals surface area contributed by atoms with Gasteiger partial charge in [-0.2, -0.15) is 0 Å². The maximum Gasteiger partial charge on any atom is 0.224 e. The second-order valence-electron chi connectivity index (χ2n) is 7.03. The van der Waals surface area contributed by atoms with Crippen LogP contribution in [-0.2, 0) is 22.4 Å². The number of nitrogens with one attached hydrogen (secondary N) is 2. The zero-order chi connectivity index (χ0) is 18.8. The van der Waals surface area contributed by atoms with Crippen molar-refractivity contribution in [3.05, 3.63) is 59.8 Å². The van der Waals surface area contributed by atoms with Crippen molar-refractivity contribution >= 4 is 34.1 Å². The molecular weight excluding hydrogens is 338 g/mol. The van der Waals surface area contributed by atoms with Gasteiger partial charge in [-0.05, 0) is 54.7 Å². The minimum Gasteiger partial charge on any atom is -0.361 e. The van der Waals surface area contributed by atoms with E-state index < -0.39 is 0 Å². The smallest absolute Gasteiger partial charge is 0.224 e. The van der Waals surface area contributed by atoms with E-state index in [1.165, 1.54) is 5.39 Å². The summed E-state index contributed by atoms with van der Waals surface area (Å²) in [5.41, 5.74) is 5.13. The molecule has 5 heteroatoms. The molecule has 2 N–H and O–H groups in total. The molecule has 0 bridgehead atoms. The molecule has 27 heavy (non-hydrogen) atoms. The number of rotatable bonds is 4. The Kier molecular flexibility index (Phi) is 4.67. The average molecular weight is 361 g/mol. The van der Waals surface area contributed by atoms with Crippen molar-refractivity contribution in [3.63, 3.8) is 0 Å². The normalized spacial score (nSPS) is 13.4. The van der Waals surface area contributed by atoms with Crippen molar-refractivity contribution in [2.24, 2.45) is 0 Å². The van der Waals surface area contributed by atoms with E-state index in [9.17, 15) is 9.59 Å². The molecule has 0 spiro atoms. The summed E-state index contributed by atoms with van der Waals surface area (Å²) in [5.74, 6) is 0.0610. The number of para-hydroxylation sites is 1. The topological polar surface area (TPSA) is 65.2 Å². The highest BCUT2D eigenvalue weighted by atomic mass is 16.2. The molecule has 0 radical (unpaired) electrons. The summed E-state index contributed by atoms with van der Waals surface area (Å²) < 4.78 is 0. The molecule has 0 atom stereocenters. The van der Waals surface area contributed by atoms with Crippen molar-refractivity contribution in [2.75, 3.05) is 16.8 Å². The van der Waals surface area contributed by atoms with E-state index in [1.54, 1.807) is 11.8 Å². The van der Waals surface area contributed by atoms with Crippen LogP contribution in [-0.4, -0.2) is 23.3 Å². The van der Waals surface area contributed by atoms with E-state index in [2.05, 4.69) is 16.4 Å². The third-order valence-corrected chi connectivity index (χ3v) is 5.16. The summed E-state index contributed by atoms with van der Waals surface area (Å²) in [6.45, 7) is 2.36. The predicted molar refractivity (Wildman–Crippen MR) is 108 cm³/mol. The molecule has 0 saturated carbocycles. The second kappa shape index (κ2) is 7.27. The third-order valence-electron chi connectivity index (χ3n) is 5.16. The average Bonchev–Trinajstić information content (AvgIpc) is 3.09. The summed E-state index contributed by atoms with van der Waals surface area (Å²) in [7, 11) is 0. The summed E-state index contributed by atoms with van der Waals surface area (Å²) in [4.78, 5) is 29.2. The fourth-order valence-corrected chi connectivity index (χ4v) is 3.81. The Labute approximate surface area is 158 Å². The highest BCUT2D eigenvalue weighted by Gasteiger charge is 2.20. The number of nitrogens with zero attached hydrogens (tertiary/aromatic N) is 1. The first-order valence-corrected chi connectivity index (χ1v) is 9.38. The quantitative estimate of drug-likeness (QED) is 0.737. The van der Waals surface area contributed by atoms with Gasteiger partial charge in [0.25, 0.3) is 0 Å². The summed E-state index contributed by atoms with van der Waals surface area (Å²) in [5, 5.41) is 4.16. The SMILES string of the molecule is CC(=O)N1CCCc2cc(NC(=O)CCc3c[nH]c4ccccc34)ccc21. The second-order valence-corrected chi connectivity index (χ2v) is 7.03. The van der Waals surface area contributed by atoms with Gasteiger partial charge in [0.2, 0.25) is 11.8 Å². The van der Waals surface area contributed by atoms with Gasteiger partial charge in [0, 0.05) is 48.4 Å². The third kappa shape index (κ3) is 3.58. The van der Waals surface area contributed by atoms with Crippen molar-refractivity contribution in [1.82, 2.24) is 4.98 Å². The molecule has 1 aliphatic rings. The highest BCUT2D eigenvalue weighted by molar-refractivity contribution is 5.95. The Hall–Kier alpha value is -3.08. The largest absolute Gasteiger partial charge is 0.361 e. The Bertz CT molecular complexity index is 1010. The molecule has 1 aliphatic heterocycles. The maximum absolute atomic E-state index is 12.4. The van der Waals surface area contributed by atoms with E-state index in [-0.39, 0.29) is 11.8 Å². The highest BCUT2D eigenvalue weighted by Crippen LogP contribution is 2.30. The maximum atomic E-state index is 12.4. The van der Waals surface area contributed by atoms with Crippen LogP contribution < -0.4 is 10.2 Å². The molecule has 0 fully saturated rings. The lowest BCUT2D eigenvalue weighted by atomic mass is 10.0. The van der Waals surface area contributed by atoms with Gasteiger partial charge in [-0.3, -0.25) is 9.59 Å². The molecule has 3 aromatic rings. The van der Waals surface area contributed by atoms with E-state index >= 15 is 0 Å². The fraction of sp³-hybridized carbons (Fsp3) is 0.273. The van der Waals surface area contributed by atoms with Crippen LogP contribution in [0.2, 0.25) is 0 Å². The number of anilines is 2. The minimum atomic E-state index is -0.000496. The Morgan fingerprint density at radius 2 is 2.04 bits per heavy atom. The summed E-state index contributed by atoms with van der Waals surface area (Å²) in [6.07, 6.45) is 4.98. The predicted octanol–water partition coefficient (Wildman–Crippen LogP) is 4.04. The first-order chi connectivity index (χ1) is 13.1. The number of aromatic nitrogens is 1. The van der Waals surface area contributed by atoms with Crippen LogP contribution in [0.5, 0.6) is 0 Å². The number of carbonyl (C=O) groups is 2. The lowest BCUT2D eigenvalue weighted by Gasteiger charge is -2.29. The number of benzene rings is 2. The molecule has 4 rings (SSSR count). The number of fused-ring (bicyclic) bond motifs is 2. The number of hydrogen-bond donors (Lipinski definition) is 2. The van der Waals surface area contributed by atoms with Gasteiger partial charge >= 0.3 is 0 Å². The lowest BCUT2D eigenvalue weighted by molar-refractivity contribution is -0.117. The molecule has 2 amide bonds. The van der Waals surface area contributed by atoms with Gasteiger partial charge < -0.3 is 15.2 Å². The van der Waals surface area contributed by atoms with Crippen molar-refractivity contribution in [3.8, 4) is 0 Å². The van der Waals surface area contributed by atoms with Crippen molar-refractivity contribution in [1.29, 1.82) is 0 Å². The van der Waals surface area contributed by atoms with E-state index in [0.29, 0.717) is 12.8 Å². The Morgan fingerprint density at radius 1 is 1.19 bits per heavy atom. The molecule has 0 unspecified atom stereocenters. The molecule has 2 heterocycles. The minimum absolute atomic E-state index is 0.000496. The standard InChI is InChI=1S/C22H23N3O2/c1-15(26)25-12-4-5-16-13-18(9-10-21(16)25)24-22(27)11-8-17-14-23-20-7-3-2-6-19(17)20/h2-3,6-7,9-10,13-14,23H,4-5,8,11-12H2,1H3,(H,24,27). The molecule has 0 aliphatic carbocycles. The van der Waals surface area contributed by atoms with Gasteiger partial charge in [0.1, 0.15) is 0 Å². The van der Waals surface area contributed by atoms with Gasteiger partial charge in [0.15, 0.2) is 0 Å². The fourth-order valence-electron chi connectivity index (χ4n) is 3.81. The zero-order valence-corrected chi connectivity index (χ0v) is 15.4. The van der Waals surface area contributed by atoms with Crippen molar-refractivity contribution < 1.29 is 9.59 Å². The first-order valence-electron chi connectivity index (χ1n) is 9.38. The van der Waals surface area contributed by atoms with Crippen LogP contribution in [0.15, 0.2) is 48.7 Å². The number of carbonyl (C=O) groups excluding carboxylic acids is 2. The van der Waals surface area contributed by atoms with E-state index in [0.717, 1.165) is 47.4 Å². The molecule has 1 aromatic heterocycles. The first kappa shape index (κ1) is 17.3. The summed E-state index contributed by atoms with van der Waals surface area (Å²) >= 11 is 0. The van der Waals surface area contributed by atoms with E-state index in [4.69, 9.17) is 0 Å². The molecule has 0 saturated heterocycles. The number of aromatic amines is 1. The lowest BCUT2D eigenvalue weighted by Crippen LogP contribution is -2.33. The molecule has 5 nitrogen and oxygen atoms in total. The number of amides is 2. The van der Waals surface area contributed by atoms with Crippen LogP contribution in [0.1, 0.15) is 30.9 Å². The molecular formula is C22H23N3O2.